The Bertz CT molecular complexity index is 987. The summed E-state index contributed by atoms with van der Waals surface area (Å²) in [6, 6.07) is 15.0. The van der Waals surface area contributed by atoms with Crippen LogP contribution in [0.15, 0.2) is 48.5 Å². The molecule has 1 amide bonds. The molecule has 6 N–H and O–H groups in total. The van der Waals surface area contributed by atoms with Gasteiger partial charge in [-0.3, -0.25) is 18.2 Å². The summed E-state index contributed by atoms with van der Waals surface area (Å²) in [7, 11) is -2.93. The molecule has 0 aromatic heterocycles. The van der Waals surface area contributed by atoms with Crippen LogP contribution < -0.4 is 20.3 Å². The highest BCUT2D eigenvalue weighted by molar-refractivity contribution is 8.25. The van der Waals surface area contributed by atoms with E-state index < -0.39 is 22.9 Å². The molecular formula is C27H42N4O4S. The lowest BCUT2D eigenvalue weighted by atomic mass is 10.00. The minimum absolute atomic E-state index is 0.132. The van der Waals surface area contributed by atoms with Crippen molar-refractivity contribution in [3.63, 3.8) is 0 Å². The second-order valence-corrected chi connectivity index (χ2v) is 12.2. The van der Waals surface area contributed by atoms with E-state index in [0.29, 0.717) is 36.5 Å². The van der Waals surface area contributed by atoms with E-state index in [1.807, 2.05) is 64.1 Å². The lowest BCUT2D eigenvalue weighted by Gasteiger charge is -2.47. The summed E-state index contributed by atoms with van der Waals surface area (Å²) in [5, 5.41) is 20.6. The van der Waals surface area contributed by atoms with Gasteiger partial charge < -0.3 is 21.1 Å². The fourth-order valence-electron chi connectivity index (χ4n) is 4.31. The monoisotopic (exact) mass is 518 g/mol. The van der Waals surface area contributed by atoms with Crippen LogP contribution in [-0.2, 0) is 6.42 Å². The largest absolute Gasteiger partial charge is 0.390 e. The molecule has 1 aliphatic rings. The number of hydrogen-bond acceptors (Lipinski definition) is 7. The number of benzene rings is 2. The number of anilines is 2. The number of carbonyl (C=O) groups is 1. The number of aliphatic hydroxyl groups is 1. The van der Waals surface area contributed by atoms with Crippen molar-refractivity contribution in [1.29, 1.82) is 0 Å². The molecule has 0 aliphatic carbocycles. The minimum atomic E-state index is -2.93. The summed E-state index contributed by atoms with van der Waals surface area (Å²) >= 11 is 0. The van der Waals surface area contributed by atoms with Gasteiger partial charge >= 0.3 is 0 Å². The zero-order chi connectivity index (χ0) is 26.3. The molecule has 8 nitrogen and oxygen atoms in total. The Balaban J connectivity index is 1.89. The Labute approximate surface area is 217 Å². The molecule has 1 aliphatic heterocycles. The van der Waals surface area contributed by atoms with Crippen LogP contribution in [0.1, 0.15) is 56.5 Å². The van der Waals surface area contributed by atoms with Crippen molar-refractivity contribution in [2.45, 2.75) is 71.2 Å². The molecular weight excluding hydrogens is 476 g/mol. The molecule has 2 aromatic carbocycles. The van der Waals surface area contributed by atoms with Gasteiger partial charge in [0, 0.05) is 36.4 Å². The highest BCUT2D eigenvalue weighted by atomic mass is 32.3. The highest BCUT2D eigenvalue weighted by Crippen LogP contribution is 2.50. The quantitative estimate of drug-likeness (QED) is 0.260. The first kappa shape index (κ1) is 28.3. The molecule has 2 aromatic rings. The Morgan fingerprint density at radius 1 is 1.03 bits per heavy atom. The van der Waals surface area contributed by atoms with Gasteiger partial charge in [0.25, 0.3) is 5.91 Å². The van der Waals surface area contributed by atoms with Crippen molar-refractivity contribution in [3.05, 3.63) is 59.7 Å². The predicted octanol–water partition coefficient (Wildman–Crippen LogP) is 4.47. The normalized spacial score (nSPS) is 18.1. The maximum absolute atomic E-state index is 13.5. The van der Waals surface area contributed by atoms with E-state index in [4.69, 9.17) is 0 Å². The van der Waals surface area contributed by atoms with E-state index in [0.717, 1.165) is 24.1 Å². The molecule has 3 rings (SSSR count). The molecule has 2 atom stereocenters. The third-order valence-corrected chi connectivity index (χ3v) is 8.06. The third-order valence-electron chi connectivity index (χ3n) is 6.12. The summed E-state index contributed by atoms with van der Waals surface area (Å²) < 4.78 is 23.0. The Morgan fingerprint density at radius 2 is 1.75 bits per heavy atom. The molecule has 200 valence electrons. The van der Waals surface area contributed by atoms with Gasteiger partial charge in [-0.2, -0.15) is 0 Å². The van der Waals surface area contributed by atoms with Gasteiger partial charge in [0.1, 0.15) is 0 Å². The Morgan fingerprint density at radius 3 is 2.39 bits per heavy atom. The number of nitrogens with zero attached hydrogens (tertiary/aromatic N) is 1. The molecule has 1 fully saturated rings. The molecule has 0 radical (unpaired) electrons. The van der Waals surface area contributed by atoms with Crippen molar-refractivity contribution in [3.8, 4) is 0 Å². The second-order valence-electron chi connectivity index (χ2n) is 10.1. The number of amides is 1. The molecule has 36 heavy (non-hydrogen) atoms. The average Bonchev–Trinajstić information content (AvgIpc) is 2.81. The van der Waals surface area contributed by atoms with E-state index in [9.17, 15) is 19.0 Å². The van der Waals surface area contributed by atoms with Crippen LogP contribution in [-0.4, -0.2) is 63.2 Å². The maximum atomic E-state index is 13.5. The van der Waals surface area contributed by atoms with Gasteiger partial charge in [-0.15, -0.1) is 10.8 Å². The van der Waals surface area contributed by atoms with Crippen molar-refractivity contribution in [2.75, 3.05) is 28.5 Å². The SMILES string of the molecule is CC(C)NCC(O)C(Cc1ccccc1)NC(=O)c1cc(NC(C)C)cc(N2CCCCS2(O)O)c1. The fraction of sp³-hybridized carbons (Fsp3) is 0.519. The van der Waals surface area contributed by atoms with Gasteiger partial charge in [0.05, 0.1) is 23.6 Å². The summed E-state index contributed by atoms with van der Waals surface area (Å²) in [6.07, 6.45) is 1.31. The van der Waals surface area contributed by atoms with Crippen LogP contribution in [0.4, 0.5) is 11.4 Å². The second kappa shape index (κ2) is 12.8. The zero-order valence-corrected chi connectivity index (χ0v) is 22.6. The van der Waals surface area contributed by atoms with Crippen molar-refractivity contribution in [1.82, 2.24) is 10.6 Å². The fourth-order valence-corrected chi connectivity index (χ4v) is 5.99. The van der Waals surface area contributed by atoms with Gasteiger partial charge in [-0.1, -0.05) is 44.2 Å². The number of hydrogen-bond donors (Lipinski definition) is 6. The van der Waals surface area contributed by atoms with E-state index in [1.54, 1.807) is 16.4 Å². The molecule has 2 unspecified atom stereocenters. The summed E-state index contributed by atoms with van der Waals surface area (Å²) in [5.41, 5.74) is 2.75. The number of carbonyl (C=O) groups excluding carboxylic acids is 1. The first-order valence-electron chi connectivity index (χ1n) is 12.8. The van der Waals surface area contributed by atoms with Gasteiger partial charge in [0.2, 0.25) is 0 Å². The van der Waals surface area contributed by atoms with Gasteiger partial charge in [-0.05, 0) is 56.9 Å². The van der Waals surface area contributed by atoms with Crippen LogP contribution in [0.3, 0.4) is 0 Å². The van der Waals surface area contributed by atoms with Crippen molar-refractivity contribution < 1.29 is 19.0 Å². The topological polar surface area (TPSA) is 117 Å². The summed E-state index contributed by atoms with van der Waals surface area (Å²) in [6.45, 7) is 8.91. The molecule has 9 heteroatoms. The van der Waals surface area contributed by atoms with Crippen molar-refractivity contribution >= 4 is 28.1 Å². The Kier molecular flexibility index (Phi) is 10.0. The molecule has 1 saturated heterocycles. The Hall–Kier alpha value is -2.30. The predicted molar refractivity (Wildman–Crippen MR) is 150 cm³/mol. The van der Waals surface area contributed by atoms with Crippen LogP contribution in [0, 0.1) is 0 Å². The van der Waals surface area contributed by atoms with E-state index in [-0.39, 0.29) is 18.0 Å². The van der Waals surface area contributed by atoms with Crippen molar-refractivity contribution in [2.24, 2.45) is 0 Å². The lowest BCUT2D eigenvalue weighted by Crippen LogP contribution is -2.49. The van der Waals surface area contributed by atoms with Crippen LogP contribution in [0.5, 0.6) is 0 Å². The molecule has 1 heterocycles. The molecule has 0 saturated carbocycles. The van der Waals surface area contributed by atoms with E-state index >= 15 is 0 Å². The maximum Gasteiger partial charge on any atom is 0.251 e. The summed E-state index contributed by atoms with van der Waals surface area (Å²) in [5.74, 6) is 0.00607. The minimum Gasteiger partial charge on any atom is -0.390 e. The standard InChI is InChI=1S/C27H42N4O4S/c1-19(2)28-18-26(32)25(14-21-10-6-5-7-11-21)30-27(33)22-15-23(29-20(3)4)17-24(16-22)31-12-8-9-13-36(31,34)35/h5-7,10-11,15-17,19-20,25-26,28-29,32,34-35H,8-9,12-14,18H2,1-4H3,(H,30,33). The van der Waals surface area contributed by atoms with E-state index in [2.05, 4.69) is 16.0 Å². The number of aliphatic hydroxyl groups excluding tert-OH is 1. The molecule has 0 spiro atoms. The van der Waals surface area contributed by atoms with Gasteiger partial charge in [-0.25, -0.2) is 0 Å². The first-order chi connectivity index (χ1) is 17.0. The number of rotatable bonds is 11. The third kappa shape index (κ3) is 8.11. The highest BCUT2D eigenvalue weighted by Gasteiger charge is 2.28. The summed E-state index contributed by atoms with van der Waals surface area (Å²) in [4.78, 5) is 13.5. The van der Waals surface area contributed by atoms with Gasteiger partial charge in [0.15, 0.2) is 0 Å². The zero-order valence-electron chi connectivity index (χ0n) is 21.8. The van der Waals surface area contributed by atoms with Crippen LogP contribution in [0.2, 0.25) is 0 Å². The van der Waals surface area contributed by atoms with Crippen LogP contribution >= 0.6 is 10.8 Å². The first-order valence-corrected chi connectivity index (χ1v) is 14.4. The van der Waals surface area contributed by atoms with E-state index in [1.165, 1.54) is 0 Å². The molecule has 0 bridgehead atoms. The lowest BCUT2D eigenvalue weighted by molar-refractivity contribution is 0.0827. The van der Waals surface area contributed by atoms with Crippen LogP contribution in [0.25, 0.3) is 0 Å². The average molecular weight is 519 g/mol. The smallest absolute Gasteiger partial charge is 0.251 e. The number of nitrogens with one attached hydrogen (secondary N) is 3.